The summed E-state index contributed by atoms with van der Waals surface area (Å²) in [6, 6.07) is 0. The maximum absolute atomic E-state index is 5.83. The van der Waals surface area contributed by atoms with Crippen molar-refractivity contribution in [1.82, 2.24) is 9.55 Å². The van der Waals surface area contributed by atoms with Gasteiger partial charge in [0.2, 0.25) is 0 Å². The smallest absolute Gasteiger partial charge is 0.181 e. The zero-order valence-electron chi connectivity index (χ0n) is 6.94. The molecule has 7 heteroatoms. The molecule has 0 radical (unpaired) electrons. The molecule has 1 heterocycles. The van der Waals surface area contributed by atoms with E-state index in [1.807, 2.05) is 0 Å². The minimum Gasteiger partial charge on any atom is -0.355 e. The van der Waals surface area contributed by atoms with Crippen LogP contribution in [0, 0.1) is 0 Å². The van der Waals surface area contributed by atoms with Crippen LogP contribution in [0.2, 0.25) is 10.3 Å². The topological polar surface area (TPSA) is 27.1 Å². The first-order valence-electron chi connectivity index (χ1n) is 3.50. The Morgan fingerprint density at radius 2 is 2.21 bits per heavy atom. The Morgan fingerprint density at radius 3 is 2.64 bits per heavy atom. The minimum absolute atomic E-state index is 0.213. The molecular formula is C7H6BrCl3N2O. The fraction of sp³-hybridized carbons (Fsp3) is 0.286. The van der Waals surface area contributed by atoms with Crippen LogP contribution in [0.25, 0.3) is 0 Å². The Labute approximate surface area is 105 Å². The van der Waals surface area contributed by atoms with Crippen molar-refractivity contribution in [3.63, 3.8) is 0 Å². The molecule has 0 aliphatic heterocycles. The second-order valence-electron chi connectivity index (χ2n) is 2.39. The first-order chi connectivity index (χ1) is 6.52. The maximum Gasteiger partial charge on any atom is 0.181 e. The molecule has 1 rings (SSSR count). The molecule has 0 unspecified atom stereocenters. The van der Waals surface area contributed by atoms with E-state index in [-0.39, 0.29) is 18.5 Å². The van der Waals surface area contributed by atoms with Crippen molar-refractivity contribution in [3.8, 4) is 0 Å². The molecule has 0 aliphatic rings. The lowest BCUT2D eigenvalue weighted by Crippen LogP contribution is -2.04. The van der Waals surface area contributed by atoms with E-state index in [2.05, 4.69) is 27.5 Å². The number of nitrogens with zero attached hydrogens (tertiary/aromatic N) is 2. The minimum atomic E-state index is 0.213. The second-order valence-corrected chi connectivity index (χ2v) is 4.35. The fourth-order valence-electron chi connectivity index (χ4n) is 0.737. The second kappa shape index (κ2) is 5.37. The molecular weight excluding hydrogens is 314 g/mol. The number of halogens is 4. The van der Waals surface area contributed by atoms with Crippen molar-refractivity contribution in [2.24, 2.45) is 0 Å². The van der Waals surface area contributed by atoms with Gasteiger partial charge in [0, 0.05) is 5.03 Å². The van der Waals surface area contributed by atoms with Crippen molar-refractivity contribution in [3.05, 3.63) is 26.7 Å². The summed E-state index contributed by atoms with van der Waals surface area (Å²) in [5.41, 5.74) is 0. The molecule has 1 aromatic rings. The molecule has 0 bridgehead atoms. The maximum atomic E-state index is 5.83. The molecule has 0 N–H and O–H groups in total. The Bertz CT molecular complexity index is 353. The molecule has 0 aliphatic carbocycles. The van der Waals surface area contributed by atoms with E-state index in [4.69, 9.17) is 39.5 Å². The quantitative estimate of drug-likeness (QED) is 0.846. The molecule has 0 fully saturated rings. The van der Waals surface area contributed by atoms with E-state index in [0.29, 0.717) is 14.9 Å². The Hall–Kier alpha value is 0.260. The zero-order valence-corrected chi connectivity index (χ0v) is 10.8. The van der Waals surface area contributed by atoms with E-state index in [9.17, 15) is 0 Å². The molecule has 14 heavy (non-hydrogen) atoms. The average Bonchev–Trinajstić information content (AvgIpc) is 2.31. The molecule has 1 aromatic heterocycles. The van der Waals surface area contributed by atoms with Crippen LogP contribution in [0.15, 0.2) is 16.3 Å². The highest BCUT2D eigenvalue weighted by Crippen LogP contribution is 2.25. The van der Waals surface area contributed by atoms with Gasteiger partial charge >= 0.3 is 0 Å². The van der Waals surface area contributed by atoms with Gasteiger partial charge in [-0.2, -0.15) is 0 Å². The van der Waals surface area contributed by atoms with Gasteiger partial charge in [0.15, 0.2) is 15.0 Å². The molecule has 0 amide bonds. The average molecular weight is 320 g/mol. The standard InChI is InChI=1S/C7H6BrCl3N2O/c1-4(9)2-14-3-13-6(11)5(10)12-7(13)8/h1-3H2. The van der Waals surface area contributed by atoms with E-state index in [0.717, 1.165) is 0 Å². The molecule has 0 saturated carbocycles. The number of imidazole rings is 1. The highest BCUT2D eigenvalue weighted by Gasteiger charge is 2.11. The van der Waals surface area contributed by atoms with E-state index in [1.165, 1.54) is 0 Å². The van der Waals surface area contributed by atoms with Gasteiger partial charge in [-0.05, 0) is 15.9 Å². The summed E-state index contributed by atoms with van der Waals surface area (Å²) < 4.78 is 7.24. The molecule has 0 aromatic carbocycles. The molecule has 0 spiro atoms. The van der Waals surface area contributed by atoms with Crippen molar-refractivity contribution >= 4 is 50.7 Å². The van der Waals surface area contributed by atoms with E-state index >= 15 is 0 Å². The number of ether oxygens (including phenoxy) is 1. The third kappa shape index (κ3) is 3.14. The largest absolute Gasteiger partial charge is 0.355 e. The lowest BCUT2D eigenvalue weighted by atomic mass is 10.7. The van der Waals surface area contributed by atoms with Gasteiger partial charge in [0.1, 0.15) is 6.73 Å². The van der Waals surface area contributed by atoms with Crippen LogP contribution >= 0.6 is 50.7 Å². The molecule has 78 valence electrons. The van der Waals surface area contributed by atoms with Gasteiger partial charge in [-0.1, -0.05) is 41.4 Å². The summed E-state index contributed by atoms with van der Waals surface area (Å²) in [6.07, 6.45) is 0. The van der Waals surface area contributed by atoms with Gasteiger partial charge < -0.3 is 4.74 Å². The van der Waals surface area contributed by atoms with Crippen LogP contribution in [0.3, 0.4) is 0 Å². The van der Waals surface area contributed by atoms with Crippen LogP contribution in [0.1, 0.15) is 0 Å². The van der Waals surface area contributed by atoms with Crippen LogP contribution in [-0.2, 0) is 11.5 Å². The van der Waals surface area contributed by atoms with Crippen molar-refractivity contribution < 1.29 is 4.74 Å². The summed E-state index contributed by atoms with van der Waals surface area (Å²) in [5, 5.41) is 0.967. The summed E-state index contributed by atoms with van der Waals surface area (Å²) in [7, 11) is 0. The zero-order chi connectivity index (χ0) is 10.7. The third-order valence-electron chi connectivity index (χ3n) is 1.30. The van der Waals surface area contributed by atoms with Crippen LogP contribution in [0.4, 0.5) is 0 Å². The first-order valence-corrected chi connectivity index (χ1v) is 5.43. The monoisotopic (exact) mass is 318 g/mol. The molecule has 0 saturated heterocycles. The predicted octanol–water partition coefficient (Wildman–Crippen LogP) is 3.68. The first kappa shape index (κ1) is 12.3. The predicted molar refractivity (Wildman–Crippen MR) is 60.9 cm³/mol. The van der Waals surface area contributed by atoms with E-state index < -0.39 is 0 Å². The van der Waals surface area contributed by atoms with Crippen molar-refractivity contribution in [2.45, 2.75) is 6.73 Å². The summed E-state index contributed by atoms with van der Waals surface area (Å²) in [4.78, 5) is 3.89. The van der Waals surface area contributed by atoms with Crippen molar-refractivity contribution in [1.29, 1.82) is 0 Å². The normalized spacial score (nSPS) is 10.6. The summed E-state index contributed by atoms with van der Waals surface area (Å²) in [5.74, 6) is 0. The van der Waals surface area contributed by atoms with Crippen molar-refractivity contribution in [2.75, 3.05) is 6.61 Å². The highest BCUT2D eigenvalue weighted by atomic mass is 79.9. The van der Waals surface area contributed by atoms with Gasteiger partial charge in [0.25, 0.3) is 0 Å². The molecule has 3 nitrogen and oxygen atoms in total. The summed E-state index contributed by atoms with van der Waals surface area (Å²) in [6.45, 7) is 3.94. The van der Waals surface area contributed by atoms with Crippen LogP contribution < -0.4 is 0 Å². The number of hydrogen-bond acceptors (Lipinski definition) is 2. The van der Waals surface area contributed by atoms with Gasteiger partial charge in [0.05, 0.1) is 6.61 Å². The number of rotatable bonds is 4. The third-order valence-corrected chi connectivity index (χ3v) is 2.76. The van der Waals surface area contributed by atoms with Gasteiger partial charge in [-0.25, -0.2) is 4.98 Å². The Kier molecular flexibility index (Phi) is 4.73. The van der Waals surface area contributed by atoms with E-state index in [1.54, 1.807) is 4.57 Å². The highest BCUT2D eigenvalue weighted by molar-refractivity contribution is 9.10. The SMILES string of the molecule is C=C(Cl)COCn1c(Br)nc(Cl)c1Cl. The lowest BCUT2D eigenvalue weighted by Gasteiger charge is -2.05. The Balaban J connectivity index is 2.62. The van der Waals surface area contributed by atoms with Crippen LogP contribution in [0.5, 0.6) is 0 Å². The number of hydrogen-bond donors (Lipinski definition) is 0. The Morgan fingerprint density at radius 1 is 1.57 bits per heavy atom. The van der Waals surface area contributed by atoms with Gasteiger partial charge in [-0.3, -0.25) is 4.57 Å². The fourth-order valence-corrected chi connectivity index (χ4v) is 1.83. The molecule has 0 atom stereocenters. The van der Waals surface area contributed by atoms with Crippen LogP contribution in [-0.4, -0.2) is 16.2 Å². The number of aromatic nitrogens is 2. The van der Waals surface area contributed by atoms with Gasteiger partial charge in [-0.15, -0.1) is 0 Å². The lowest BCUT2D eigenvalue weighted by molar-refractivity contribution is 0.0969. The summed E-state index contributed by atoms with van der Waals surface area (Å²) >= 11 is 20.2.